The molecule has 120 valence electrons. The third-order valence-electron chi connectivity index (χ3n) is 2.61. The first-order chi connectivity index (χ1) is 10.8. The SMILES string of the molecule is O=C(O)c1nc(Cl)c(Cl)c(NN=Cc2c(F)cccc2Cl)c1Cl. The van der Waals surface area contributed by atoms with E-state index in [2.05, 4.69) is 15.5 Å². The lowest BCUT2D eigenvalue weighted by Crippen LogP contribution is -2.05. The fraction of sp³-hybridized carbons (Fsp3) is 0. The van der Waals surface area contributed by atoms with Crippen molar-refractivity contribution in [3.05, 3.63) is 55.5 Å². The van der Waals surface area contributed by atoms with Gasteiger partial charge in [-0.15, -0.1) is 0 Å². The summed E-state index contributed by atoms with van der Waals surface area (Å²) < 4.78 is 13.6. The molecule has 0 fully saturated rings. The number of pyridine rings is 1. The van der Waals surface area contributed by atoms with Gasteiger partial charge < -0.3 is 5.11 Å². The van der Waals surface area contributed by atoms with Crippen LogP contribution >= 0.6 is 46.4 Å². The number of aromatic carboxylic acids is 1. The number of carboxylic acid groups (broad SMARTS) is 1. The normalized spacial score (nSPS) is 11.0. The van der Waals surface area contributed by atoms with Gasteiger partial charge >= 0.3 is 5.97 Å². The zero-order valence-corrected chi connectivity index (χ0v) is 14.0. The van der Waals surface area contributed by atoms with Gasteiger partial charge in [-0.3, -0.25) is 5.43 Å². The molecule has 1 aromatic heterocycles. The molecule has 0 saturated heterocycles. The van der Waals surface area contributed by atoms with Gasteiger partial charge in [-0.2, -0.15) is 5.10 Å². The standard InChI is InChI=1S/C13H6Cl4FN3O2/c14-6-2-1-3-7(18)5(6)4-19-21-10-8(15)11(13(22)23)20-12(17)9(10)16/h1-4H,(H,20,21)(H,22,23). The van der Waals surface area contributed by atoms with Crippen molar-refractivity contribution < 1.29 is 14.3 Å². The third kappa shape index (κ3) is 3.84. The highest BCUT2D eigenvalue weighted by Crippen LogP contribution is 2.36. The van der Waals surface area contributed by atoms with E-state index in [4.69, 9.17) is 51.5 Å². The highest BCUT2D eigenvalue weighted by Gasteiger charge is 2.20. The summed E-state index contributed by atoms with van der Waals surface area (Å²) >= 11 is 23.4. The number of nitrogens with zero attached hydrogens (tertiary/aromatic N) is 2. The Morgan fingerprint density at radius 2 is 1.96 bits per heavy atom. The number of anilines is 1. The molecule has 0 radical (unpaired) electrons. The van der Waals surface area contributed by atoms with Crippen LogP contribution in [0.25, 0.3) is 0 Å². The van der Waals surface area contributed by atoms with Crippen LogP contribution in [0.4, 0.5) is 10.1 Å². The highest BCUT2D eigenvalue weighted by atomic mass is 35.5. The first-order valence-corrected chi connectivity index (χ1v) is 7.35. The average molecular weight is 397 g/mol. The van der Waals surface area contributed by atoms with Gasteiger partial charge in [0, 0.05) is 5.56 Å². The molecule has 23 heavy (non-hydrogen) atoms. The van der Waals surface area contributed by atoms with E-state index in [-0.39, 0.29) is 31.5 Å². The van der Waals surface area contributed by atoms with Crippen molar-refractivity contribution in [3.8, 4) is 0 Å². The molecule has 0 atom stereocenters. The number of hydrogen-bond acceptors (Lipinski definition) is 4. The van der Waals surface area contributed by atoms with Crippen LogP contribution in [-0.2, 0) is 0 Å². The molecule has 0 aliphatic rings. The van der Waals surface area contributed by atoms with E-state index in [1.54, 1.807) is 0 Å². The number of hydrogen-bond donors (Lipinski definition) is 2. The number of nitrogens with one attached hydrogen (secondary N) is 1. The summed E-state index contributed by atoms with van der Waals surface area (Å²) in [6.45, 7) is 0. The summed E-state index contributed by atoms with van der Waals surface area (Å²) in [5.74, 6) is -1.98. The lowest BCUT2D eigenvalue weighted by Gasteiger charge is -2.09. The lowest BCUT2D eigenvalue weighted by atomic mass is 10.2. The molecule has 2 aromatic rings. The summed E-state index contributed by atoms with van der Waals surface area (Å²) in [4.78, 5) is 14.6. The van der Waals surface area contributed by atoms with Gasteiger partial charge in [0.1, 0.15) is 15.9 Å². The smallest absolute Gasteiger partial charge is 0.356 e. The molecule has 0 amide bonds. The maximum Gasteiger partial charge on any atom is 0.356 e. The van der Waals surface area contributed by atoms with Gasteiger partial charge in [-0.05, 0) is 12.1 Å². The number of halogens is 5. The van der Waals surface area contributed by atoms with E-state index in [0.717, 1.165) is 6.21 Å². The Hall–Kier alpha value is -1.60. The molecule has 2 rings (SSSR count). The van der Waals surface area contributed by atoms with Gasteiger partial charge in [-0.1, -0.05) is 52.5 Å². The Labute approximate surface area is 149 Å². The van der Waals surface area contributed by atoms with Crippen molar-refractivity contribution in [2.75, 3.05) is 5.43 Å². The van der Waals surface area contributed by atoms with Crippen molar-refractivity contribution in [2.24, 2.45) is 5.10 Å². The van der Waals surface area contributed by atoms with Crippen molar-refractivity contribution in [1.29, 1.82) is 0 Å². The predicted octanol–water partition coefficient (Wildman–Crippen LogP) is 4.98. The molecular weight excluding hydrogens is 391 g/mol. The average Bonchev–Trinajstić information content (AvgIpc) is 2.48. The molecule has 0 aliphatic carbocycles. The minimum Gasteiger partial charge on any atom is -0.476 e. The summed E-state index contributed by atoms with van der Waals surface area (Å²) in [7, 11) is 0. The number of hydrazone groups is 1. The van der Waals surface area contributed by atoms with Gasteiger partial charge in [0.15, 0.2) is 10.8 Å². The van der Waals surface area contributed by atoms with Crippen LogP contribution in [-0.4, -0.2) is 22.3 Å². The molecule has 0 bridgehead atoms. The topological polar surface area (TPSA) is 74.6 Å². The van der Waals surface area contributed by atoms with Crippen molar-refractivity contribution >= 4 is 64.3 Å². The van der Waals surface area contributed by atoms with Gasteiger partial charge in [-0.25, -0.2) is 14.2 Å². The van der Waals surface area contributed by atoms with Crippen LogP contribution in [0.15, 0.2) is 23.3 Å². The molecule has 1 heterocycles. The maximum atomic E-state index is 13.6. The van der Waals surface area contributed by atoms with Crippen LogP contribution in [0.3, 0.4) is 0 Å². The van der Waals surface area contributed by atoms with E-state index < -0.39 is 17.5 Å². The molecule has 0 unspecified atom stereocenters. The number of carbonyl (C=O) groups is 1. The number of carboxylic acids is 1. The molecule has 5 nitrogen and oxygen atoms in total. The van der Waals surface area contributed by atoms with Gasteiger partial charge in [0.05, 0.1) is 16.9 Å². The molecule has 0 spiro atoms. The van der Waals surface area contributed by atoms with Crippen LogP contribution in [0.1, 0.15) is 16.1 Å². The van der Waals surface area contributed by atoms with Gasteiger partial charge in [0.2, 0.25) is 0 Å². The molecule has 0 aliphatic heterocycles. The Balaban J connectivity index is 2.37. The summed E-state index contributed by atoms with van der Waals surface area (Å²) in [5, 5.41) is 12.2. The van der Waals surface area contributed by atoms with E-state index in [1.807, 2.05) is 0 Å². The highest BCUT2D eigenvalue weighted by molar-refractivity contribution is 6.46. The van der Waals surface area contributed by atoms with Crippen molar-refractivity contribution in [3.63, 3.8) is 0 Å². The van der Waals surface area contributed by atoms with Crippen molar-refractivity contribution in [1.82, 2.24) is 4.98 Å². The molecule has 0 saturated carbocycles. The Bertz CT molecular complexity index is 794. The summed E-state index contributed by atoms with van der Waals surface area (Å²) in [6, 6.07) is 4.13. The monoisotopic (exact) mass is 395 g/mol. The minimum atomic E-state index is -1.39. The molecule has 10 heteroatoms. The lowest BCUT2D eigenvalue weighted by molar-refractivity contribution is 0.0691. The van der Waals surface area contributed by atoms with E-state index in [1.165, 1.54) is 18.2 Å². The second-order valence-electron chi connectivity index (χ2n) is 4.06. The van der Waals surface area contributed by atoms with Gasteiger partial charge in [0.25, 0.3) is 0 Å². The number of rotatable bonds is 4. The number of aromatic nitrogens is 1. The first-order valence-electron chi connectivity index (χ1n) is 5.83. The molecule has 1 aromatic carbocycles. The third-order valence-corrected chi connectivity index (χ3v) is 4.05. The Morgan fingerprint density at radius 3 is 2.57 bits per heavy atom. The minimum absolute atomic E-state index is 0.0347. The zero-order chi connectivity index (χ0) is 17.1. The second-order valence-corrected chi connectivity index (χ2v) is 5.59. The number of benzene rings is 1. The predicted molar refractivity (Wildman–Crippen MR) is 88.9 cm³/mol. The fourth-order valence-electron chi connectivity index (χ4n) is 1.55. The zero-order valence-electron chi connectivity index (χ0n) is 10.9. The van der Waals surface area contributed by atoms with Crippen molar-refractivity contribution in [2.45, 2.75) is 0 Å². The molecule has 2 N–H and O–H groups in total. The van der Waals surface area contributed by atoms with E-state index in [9.17, 15) is 9.18 Å². The van der Waals surface area contributed by atoms with E-state index >= 15 is 0 Å². The summed E-state index contributed by atoms with van der Waals surface area (Å²) in [5.41, 5.74) is 1.88. The maximum absolute atomic E-state index is 13.6. The second kappa shape index (κ2) is 7.31. The Morgan fingerprint density at radius 1 is 1.26 bits per heavy atom. The Kier molecular flexibility index (Phi) is 5.64. The fourth-order valence-corrected chi connectivity index (χ4v) is 2.43. The van der Waals surface area contributed by atoms with Crippen LogP contribution in [0.5, 0.6) is 0 Å². The first kappa shape index (κ1) is 17.7. The van der Waals surface area contributed by atoms with Crippen LogP contribution in [0, 0.1) is 5.82 Å². The van der Waals surface area contributed by atoms with E-state index in [0.29, 0.717) is 0 Å². The molecular formula is C13H6Cl4FN3O2. The van der Waals surface area contributed by atoms with Crippen LogP contribution in [0.2, 0.25) is 20.2 Å². The summed E-state index contributed by atoms with van der Waals surface area (Å²) in [6.07, 6.45) is 1.10. The largest absolute Gasteiger partial charge is 0.476 e. The van der Waals surface area contributed by atoms with Crippen LogP contribution < -0.4 is 5.43 Å². The quantitative estimate of drug-likeness (QED) is 0.434.